The molecule has 4 rings (SSSR count). The summed E-state index contributed by atoms with van der Waals surface area (Å²) in [4.78, 5) is 4.18. The third-order valence-corrected chi connectivity index (χ3v) is 4.58. The zero-order chi connectivity index (χ0) is 16.4. The Hall–Kier alpha value is -2.87. The van der Waals surface area contributed by atoms with E-state index in [-0.39, 0.29) is 0 Å². The Morgan fingerprint density at radius 1 is 0.833 bits per heavy atom. The zero-order valence-corrected chi connectivity index (χ0v) is 13.8. The van der Waals surface area contributed by atoms with Crippen LogP contribution >= 0.6 is 0 Å². The Morgan fingerprint density at radius 2 is 1.54 bits per heavy atom. The summed E-state index contributed by atoms with van der Waals surface area (Å²) in [5.74, 6) is 0. The average Bonchev–Trinajstić information content (AvgIpc) is 2.96. The third-order valence-electron chi connectivity index (χ3n) is 4.58. The molecule has 2 heteroatoms. The van der Waals surface area contributed by atoms with E-state index in [9.17, 15) is 0 Å². The molecule has 4 aromatic rings. The second-order valence-corrected chi connectivity index (χ2v) is 6.00. The quantitative estimate of drug-likeness (QED) is 0.508. The van der Waals surface area contributed by atoms with Gasteiger partial charge in [0.1, 0.15) is 0 Å². The molecule has 0 saturated carbocycles. The molecule has 0 N–H and O–H groups in total. The van der Waals surface area contributed by atoms with Gasteiger partial charge in [0.2, 0.25) is 0 Å². The standard InChI is InChI=1S/C22H20N2/c1-2-19-20-10-6-7-11-21(20)24(18-12-14-23-15-13-18)22(19)16-17-8-4-3-5-9-17/h3-15H,2,16H2,1H3. The van der Waals surface area contributed by atoms with Crippen LogP contribution in [0.3, 0.4) is 0 Å². The molecule has 0 aliphatic rings. The molecule has 0 bridgehead atoms. The number of benzene rings is 2. The molecule has 2 heterocycles. The zero-order valence-electron chi connectivity index (χ0n) is 13.8. The molecule has 118 valence electrons. The van der Waals surface area contributed by atoms with Crippen molar-refractivity contribution in [3.05, 3.63) is 95.9 Å². The Bertz CT molecular complexity index is 953. The van der Waals surface area contributed by atoms with Crippen LogP contribution in [0.15, 0.2) is 79.1 Å². The number of pyridine rings is 1. The van der Waals surface area contributed by atoms with Crippen molar-refractivity contribution in [2.75, 3.05) is 0 Å². The van der Waals surface area contributed by atoms with Gasteiger partial charge in [0.15, 0.2) is 0 Å². The van der Waals surface area contributed by atoms with Gasteiger partial charge in [0.25, 0.3) is 0 Å². The first kappa shape index (κ1) is 14.7. The van der Waals surface area contributed by atoms with Crippen LogP contribution in [0.4, 0.5) is 0 Å². The lowest BCUT2D eigenvalue weighted by atomic mass is 10.0. The minimum Gasteiger partial charge on any atom is -0.313 e. The van der Waals surface area contributed by atoms with Crippen LogP contribution in [0, 0.1) is 0 Å². The van der Waals surface area contributed by atoms with E-state index in [1.54, 1.807) is 0 Å². The van der Waals surface area contributed by atoms with Gasteiger partial charge in [0.05, 0.1) is 5.52 Å². The van der Waals surface area contributed by atoms with Gasteiger partial charge in [-0.1, -0.05) is 55.5 Å². The number of hydrogen-bond acceptors (Lipinski definition) is 1. The second-order valence-electron chi connectivity index (χ2n) is 6.00. The largest absolute Gasteiger partial charge is 0.313 e. The highest BCUT2D eigenvalue weighted by atomic mass is 15.0. The number of aryl methyl sites for hydroxylation is 1. The number of hydrogen-bond donors (Lipinski definition) is 0. The van der Waals surface area contributed by atoms with E-state index in [0.29, 0.717) is 0 Å². The third kappa shape index (κ3) is 2.50. The first-order valence-corrected chi connectivity index (χ1v) is 8.44. The number of nitrogens with zero attached hydrogens (tertiary/aromatic N) is 2. The van der Waals surface area contributed by atoms with Crippen LogP contribution in [-0.4, -0.2) is 9.55 Å². The first-order valence-electron chi connectivity index (χ1n) is 8.44. The maximum atomic E-state index is 4.18. The Balaban J connectivity index is 1.99. The fourth-order valence-electron chi connectivity index (χ4n) is 3.52. The number of aromatic nitrogens is 2. The highest BCUT2D eigenvalue weighted by Gasteiger charge is 2.17. The van der Waals surface area contributed by atoms with Crippen molar-refractivity contribution in [3.8, 4) is 5.69 Å². The van der Waals surface area contributed by atoms with Crippen molar-refractivity contribution >= 4 is 10.9 Å². The van der Waals surface area contributed by atoms with E-state index in [2.05, 4.69) is 83.2 Å². The van der Waals surface area contributed by atoms with Gasteiger partial charge in [0, 0.05) is 35.6 Å². The maximum Gasteiger partial charge on any atom is 0.0534 e. The van der Waals surface area contributed by atoms with Gasteiger partial charge in [-0.25, -0.2) is 0 Å². The monoisotopic (exact) mass is 312 g/mol. The number of fused-ring (bicyclic) bond motifs is 1. The summed E-state index contributed by atoms with van der Waals surface area (Å²) in [5, 5.41) is 1.35. The van der Waals surface area contributed by atoms with Gasteiger partial charge >= 0.3 is 0 Å². The van der Waals surface area contributed by atoms with Crippen molar-refractivity contribution in [2.45, 2.75) is 19.8 Å². The minimum absolute atomic E-state index is 0.932. The molecule has 0 unspecified atom stereocenters. The summed E-state index contributed by atoms with van der Waals surface area (Å²) in [6.45, 7) is 2.24. The lowest BCUT2D eigenvalue weighted by Crippen LogP contribution is -2.03. The van der Waals surface area contributed by atoms with E-state index in [1.165, 1.54) is 33.4 Å². The second kappa shape index (κ2) is 6.32. The van der Waals surface area contributed by atoms with Crippen LogP contribution in [0.25, 0.3) is 16.6 Å². The minimum atomic E-state index is 0.932. The lowest BCUT2D eigenvalue weighted by Gasteiger charge is -2.12. The van der Waals surface area contributed by atoms with Crippen molar-refractivity contribution in [3.63, 3.8) is 0 Å². The van der Waals surface area contributed by atoms with E-state index < -0.39 is 0 Å². The molecule has 0 spiro atoms. The number of para-hydroxylation sites is 1. The molecule has 0 atom stereocenters. The smallest absolute Gasteiger partial charge is 0.0534 e. The summed E-state index contributed by atoms with van der Waals surface area (Å²) < 4.78 is 2.39. The molecular weight excluding hydrogens is 292 g/mol. The van der Waals surface area contributed by atoms with Crippen molar-refractivity contribution < 1.29 is 0 Å². The fraction of sp³-hybridized carbons (Fsp3) is 0.136. The molecule has 0 aliphatic heterocycles. The van der Waals surface area contributed by atoms with Crippen molar-refractivity contribution in [1.29, 1.82) is 0 Å². The SMILES string of the molecule is CCc1c(Cc2ccccc2)n(-c2ccncc2)c2ccccc12. The summed E-state index contributed by atoms with van der Waals surface area (Å²) in [6, 6.07) is 23.6. The van der Waals surface area contributed by atoms with E-state index >= 15 is 0 Å². The maximum absolute atomic E-state index is 4.18. The average molecular weight is 312 g/mol. The molecule has 0 amide bonds. The molecule has 2 aromatic heterocycles. The topological polar surface area (TPSA) is 17.8 Å². The van der Waals surface area contributed by atoms with Crippen molar-refractivity contribution in [1.82, 2.24) is 9.55 Å². The van der Waals surface area contributed by atoms with Gasteiger partial charge in [-0.2, -0.15) is 0 Å². The molecule has 0 aliphatic carbocycles. The Kier molecular flexibility index (Phi) is 3.87. The van der Waals surface area contributed by atoms with Crippen LogP contribution in [0.5, 0.6) is 0 Å². The summed E-state index contributed by atoms with van der Waals surface area (Å²) >= 11 is 0. The van der Waals surface area contributed by atoms with Gasteiger partial charge < -0.3 is 4.57 Å². The van der Waals surface area contributed by atoms with Gasteiger partial charge in [-0.05, 0) is 35.7 Å². The molecule has 2 nitrogen and oxygen atoms in total. The van der Waals surface area contributed by atoms with Gasteiger partial charge in [-0.3, -0.25) is 4.98 Å². The van der Waals surface area contributed by atoms with E-state index in [4.69, 9.17) is 0 Å². The lowest BCUT2D eigenvalue weighted by molar-refractivity contribution is 0.946. The van der Waals surface area contributed by atoms with E-state index in [1.807, 2.05) is 12.4 Å². The molecule has 24 heavy (non-hydrogen) atoms. The summed E-state index contributed by atoms with van der Waals surface area (Å²) in [5.41, 5.74) is 6.59. The van der Waals surface area contributed by atoms with Crippen molar-refractivity contribution in [2.24, 2.45) is 0 Å². The van der Waals surface area contributed by atoms with E-state index in [0.717, 1.165) is 12.8 Å². The van der Waals surface area contributed by atoms with Crippen LogP contribution in [0.2, 0.25) is 0 Å². The highest BCUT2D eigenvalue weighted by Crippen LogP contribution is 2.31. The number of rotatable bonds is 4. The van der Waals surface area contributed by atoms with Gasteiger partial charge in [-0.15, -0.1) is 0 Å². The molecule has 2 aromatic carbocycles. The molecule has 0 fully saturated rings. The van der Waals surface area contributed by atoms with Crippen LogP contribution in [0.1, 0.15) is 23.7 Å². The molecular formula is C22H20N2. The predicted molar refractivity (Wildman–Crippen MR) is 99.7 cm³/mol. The normalized spacial score (nSPS) is 11.0. The summed E-state index contributed by atoms with van der Waals surface area (Å²) in [6.07, 6.45) is 5.69. The summed E-state index contributed by atoms with van der Waals surface area (Å²) in [7, 11) is 0. The van der Waals surface area contributed by atoms with Crippen LogP contribution in [-0.2, 0) is 12.8 Å². The molecule has 0 radical (unpaired) electrons. The first-order chi connectivity index (χ1) is 11.9. The Morgan fingerprint density at radius 3 is 2.29 bits per heavy atom. The fourth-order valence-corrected chi connectivity index (χ4v) is 3.52. The van der Waals surface area contributed by atoms with Crippen LogP contribution < -0.4 is 0 Å². The molecule has 0 saturated heterocycles. The Labute approximate surface area is 142 Å². The highest BCUT2D eigenvalue weighted by molar-refractivity contribution is 5.87. The predicted octanol–water partition coefficient (Wildman–Crippen LogP) is 5.18.